The highest BCUT2D eigenvalue weighted by Gasteiger charge is 2.23. The molecule has 116 valence electrons. The Morgan fingerprint density at radius 2 is 1.65 bits per heavy atom. The van der Waals surface area contributed by atoms with E-state index in [1.165, 1.54) is 25.7 Å². The van der Waals surface area contributed by atoms with Crippen molar-refractivity contribution in [3.05, 3.63) is 0 Å². The van der Waals surface area contributed by atoms with E-state index in [0.29, 0.717) is 19.0 Å². The van der Waals surface area contributed by atoms with Crippen molar-refractivity contribution in [2.24, 2.45) is 5.41 Å². The van der Waals surface area contributed by atoms with Gasteiger partial charge in [-0.25, -0.2) is 0 Å². The molecule has 0 radical (unpaired) electrons. The molecule has 1 aliphatic rings. The van der Waals surface area contributed by atoms with E-state index in [4.69, 9.17) is 0 Å². The molecule has 0 aromatic rings. The van der Waals surface area contributed by atoms with Crippen molar-refractivity contribution < 1.29 is 9.59 Å². The molecule has 0 aromatic carbocycles. The molecule has 0 atom stereocenters. The molecule has 4 nitrogen and oxygen atoms in total. The molecular weight excluding hydrogens is 252 g/mol. The summed E-state index contributed by atoms with van der Waals surface area (Å²) in [6, 6.07) is 0.392. The number of rotatable bonds is 4. The second-order valence-electron chi connectivity index (χ2n) is 6.91. The van der Waals surface area contributed by atoms with E-state index in [-0.39, 0.29) is 11.8 Å². The summed E-state index contributed by atoms with van der Waals surface area (Å²) in [6.45, 7) is 6.07. The maximum absolute atomic E-state index is 12.2. The fourth-order valence-corrected chi connectivity index (χ4v) is 2.57. The van der Waals surface area contributed by atoms with Gasteiger partial charge in [0.05, 0.1) is 0 Å². The number of carbonyl (C=O) groups excluding carboxylic acids is 2. The van der Waals surface area contributed by atoms with Gasteiger partial charge in [-0.05, 0) is 12.8 Å². The second kappa shape index (κ2) is 7.65. The van der Waals surface area contributed by atoms with Gasteiger partial charge in [0.25, 0.3) is 0 Å². The van der Waals surface area contributed by atoms with Crippen molar-refractivity contribution in [1.29, 1.82) is 0 Å². The van der Waals surface area contributed by atoms with Crippen LogP contribution in [0.5, 0.6) is 0 Å². The van der Waals surface area contributed by atoms with E-state index < -0.39 is 5.41 Å². The molecule has 0 spiro atoms. The maximum Gasteiger partial charge on any atom is 0.225 e. The zero-order chi connectivity index (χ0) is 15.2. The van der Waals surface area contributed by atoms with Gasteiger partial charge in [-0.3, -0.25) is 9.59 Å². The van der Waals surface area contributed by atoms with Crippen LogP contribution in [0.3, 0.4) is 0 Å². The third-order valence-corrected chi connectivity index (χ3v) is 4.07. The third kappa shape index (κ3) is 5.51. The number of amides is 2. The minimum atomic E-state index is -0.393. The summed E-state index contributed by atoms with van der Waals surface area (Å²) in [7, 11) is 1.91. The molecule has 0 saturated heterocycles. The molecule has 0 unspecified atom stereocenters. The van der Waals surface area contributed by atoms with Crippen LogP contribution in [0.1, 0.15) is 65.7 Å². The van der Waals surface area contributed by atoms with Gasteiger partial charge < -0.3 is 10.2 Å². The SMILES string of the molecule is CN(C(=O)CCNC(=O)C(C)(C)C)C1CCCCCC1. The number of hydrogen-bond acceptors (Lipinski definition) is 2. The topological polar surface area (TPSA) is 49.4 Å². The second-order valence-corrected chi connectivity index (χ2v) is 6.91. The lowest BCUT2D eigenvalue weighted by Gasteiger charge is -2.27. The quantitative estimate of drug-likeness (QED) is 0.806. The van der Waals surface area contributed by atoms with E-state index in [9.17, 15) is 9.59 Å². The Bertz CT molecular complexity index is 326. The van der Waals surface area contributed by atoms with Gasteiger partial charge in [0.1, 0.15) is 0 Å². The van der Waals surface area contributed by atoms with Crippen LogP contribution in [0.4, 0.5) is 0 Å². The van der Waals surface area contributed by atoms with E-state index in [2.05, 4.69) is 5.32 Å². The summed E-state index contributed by atoms with van der Waals surface area (Å²) in [6.07, 6.45) is 7.68. The van der Waals surface area contributed by atoms with Crippen molar-refractivity contribution in [3.63, 3.8) is 0 Å². The van der Waals surface area contributed by atoms with Gasteiger partial charge in [0.2, 0.25) is 11.8 Å². The Hall–Kier alpha value is -1.06. The predicted molar refractivity (Wildman–Crippen MR) is 81.3 cm³/mol. The zero-order valence-corrected chi connectivity index (χ0v) is 13.5. The first-order valence-corrected chi connectivity index (χ1v) is 7.86. The van der Waals surface area contributed by atoms with Crippen LogP contribution < -0.4 is 5.32 Å². The van der Waals surface area contributed by atoms with Gasteiger partial charge in [-0.15, -0.1) is 0 Å². The van der Waals surface area contributed by atoms with Gasteiger partial charge in [0, 0.05) is 31.5 Å². The van der Waals surface area contributed by atoms with Crippen LogP contribution >= 0.6 is 0 Å². The fourth-order valence-electron chi connectivity index (χ4n) is 2.57. The molecule has 1 fully saturated rings. The highest BCUT2D eigenvalue weighted by Crippen LogP contribution is 2.21. The number of carbonyl (C=O) groups is 2. The number of nitrogens with one attached hydrogen (secondary N) is 1. The molecule has 2 amide bonds. The van der Waals surface area contributed by atoms with Crippen molar-refractivity contribution in [3.8, 4) is 0 Å². The number of nitrogens with zero attached hydrogens (tertiary/aromatic N) is 1. The first kappa shape index (κ1) is 17.0. The summed E-state index contributed by atoms with van der Waals surface area (Å²) in [5, 5.41) is 2.84. The van der Waals surface area contributed by atoms with Gasteiger partial charge >= 0.3 is 0 Å². The minimum Gasteiger partial charge on any atom is -0.355 e. The summed E-state index contributed by atoms with van der Waals surface area (Å²) in [4.78, 5) is 25.8. The monoisotopic (exact) mass is 282 g/mol. The zero-order valence-electron chi connectivity index (χ0n) is 13.5. The fraction of sp³-hybridized carbons (Fsp3) is 0.875. The van der Waals surface area contributed by atoms with Gasteiger partial charge in [0.15, 0.2) is 0 Å². The van der Waals surface area contributed by atoms with Crippen LogP contribution in [0.15, 0.2) is 0 Å². The highest BCUT2D eigenvalue weighted by atomic mass is 16.2. The first-order chi connectivity index (χ1) is 9.32. The Kier molecular flexibility index (Phi) is 6.50. The molecule has 0 heterocycles. The Labute approximate surface area is 123 Å². The van der Waals surface area contributed by atoms with Crippen LogP contribution in [-0.4, -0.2) is 36.3 Å². The molecular formula is C16H30N2O2. The molecule has 0 aliphatic heterocycles. The standard InChI is InChI=1S/C16H30N2O2/c1-16(2,3)15(20)17-12-11-14(19)18(4)13-9-7-5-6-8-10-13/h13H,5-12H2,1-4H3,(H,17,20). The predicted octanol–water partition coefficient (Wildman–Crippen LogP) is 2.72. The van der Waals surface area contributed by atoms with Crippen LogP contribution in [-0.2, 0) is 9.59 Å². The smallest absolute Gasteiger partial charge is 0.225 e. The van der Waals surface area contributed by atoms with Crippen LogP contribution in [0, 0.1) is 5.41 Å². The Morgan fingerprint density at radius 3 is 2.15 bits per heavy atom. The molecule has 1 N–H and O–H groups in total. The molecule has 1 saturated carbocycles. The summed E-state index contributed by atoms with van der Waals surface area (Å²) < 4.78 is 0. The number of hydrogen-bond donors (Lipinski definition) is 1. The summed E-state index contributed by atoms with van der Waals surface area (Å²) in [5.41, 5.74) is -0.393. The van der Waals surface area contributed by atoms with Gasteiger partial charge in [-0.2, -0.15) is 0 Å². The Morgan fingerprint density at radius 1 is 1.10 bits per heavy atom. The lowest BCUT2D eigenvalue weighted by Crippen LogP contribution is -2.40. The Balaban J connectivity index is 2.32. The molecule has 0 bridgehead atoms. The van der Waals surface area contributed by atoms with E-state index >= 15 is 0 Å². The lowest BCUT2D eigenvalue weighted by molar-refractivity contribution is -0.132. The molecule has 1 aliphatic carbocycles. The lowest BCUT2D eigenvalue weighted by atomic mass is 9.96. The summed E-state index contributed by atoms with van der Waals surface area (Å²) in [5.74, 6) is 0.147. The average Bonchev–Trinajstić information content (AvgIpc) is 2.65. The highest BCUT2D eigenvalue weighted by molar-refractivity contribution is 5.82. The normalized spacial score (nSPS) is 17.4. The third-order valence-electron chi connectivity index (χ3n) is 4.07. The van der Waals surface area contributed by atoms with E-state index in [0.717, 1.165) is 12.8 Å². The average molecular weight is 282 g/mol. The molecule has 1 rings (SSSR count). The summed E-state index contributed by atoms with van der Waals surface area (Å²) >= 11 is 0. The van der Waals surface area contributed by atoms with Crippen molar-refractivity contribution in [2.75, 3.05) is 13.6 Å². The van der Waals surface area contributed by atoms with Crippen LogP contribution in [0.25, 0.3) is 0 Å². The van der Waals surface area contributed by atoms with Gasteiger partial charge in [-0.1, -0.05) is 46.5 Å². The van der Waals surface area contributed by atoms with E-state index in [1.54, 1.807) is 0 Å². The maximum atomic E-state index is 12.2. The van der Waals surface area contributed by atoms with Crippen molar-refractivity contribution in [1.82, 2.24) is 10.2 Å². The molecule has 4 heteroatoms. The van der Waals surface area contributed by atoms with Crippen molar-refractivity contribution >= 4 is 11.8 Å². The van der Waals surface area contributed by atoms with E-state index in [1.807, 2.05) is 32.7 Å². The molecule has 0 aromatic heterocycles. The largest absolute Gasteiger partial charge is 0.355 e. The minimum absolute atomic E-state index is 0.00224. The van der Waals surface area contributed by atoms with Crippen LogP contribution in [0.2, 0.25) is 0 Å². The first-order valence-electron chi connectivity index (χ1n) is 7.86. The van der Waals surface area contributed by atoms with Crippen molar-refractivity contribution in [2.45, 2.75) is 71.8 Å². The molecule has 20 heavy (non-hydrogen) atoms.